The monoisotopic (exact) mass is 934 g/mol. The number of hydrogen-bond acceptors (Lipinski definition) is 5. The average molecular weight is 935 g/mol. The van der Waals surface area contributed by atoms with E-state index in [1.54, 1.807) is 0 Å². The van der Waals surface area contributed by atoms with Crippen LogP contribution in [-0.2, 0) is 4.79 Å². The third-order valence-electron chi connectivity index (χ3n) is 14.5. The number of carbonyl (C=O) groups excluding carboxylic acids is 1. The first-order valence-corrected chi connectivity index (χ1v) is 30.1. The lowest BCUT2D eigenvalue weighted by molar-refractivity contribution is -0.132. The third-order valence-corrected chi connectivity index (χ3v) is 14.5. The Morgan fingerprint density at radius 3 is 0.879 bits per heavy atom. The van der Waals surface area contributed by atoms with E-state index in [1.807, 2.05) is 0 Å². The topological polar surface area (TPSA) is 110 Å². The first-order chi connectivity index (χ1) is 32.5. The molecule has 0 heterocycles. The van der Waals surface area contributed by atoms with Gasteiger partial charge in [0.1, 0.15) is 12.2 Å². The molecule has 0 aromatic carbocycles. The van der Waals surface area contributed by atoms with Gasteiger partial charge in [0.15, 0.2) is 0 Å². The molecule has 0 rings (SSSR count). The van der Waals surface area contributed by atoms with Crippen molar-refractivity contribution in [2.45, 2.75) is 359 Å². The highest BCUT2D eigenvalue weighted by Crippen LogP contribution is 2.19. The number of rotatable bonds is 56. The molecule has 4 unspecified atom stereocenters. The van der Waals surface area contributed by atoms with Crippen molar-refractivity contribution in [1.82, 2.24) is 5.32 Å². The van der Waals surface area contributed by atoms with Gasteiger partial charge in [0.05, 0.1) is 18.8 Å². The molecule has 0 aliphatic heterocycles. The minimum absolute atomic E-state index is 0.372. The third kappa shape index (κ3) is 48.1. The lowest BCUT2D eigenvalue weighted by Gasteiger charge is -2.27. The van der Waals surface area contributed by atoms with Gasteiger partial charge in [0.2, 0.25) is 5.91 Å². The Morgan fingerprint density at radius 2 is 0.606 bits per heavy atom. The summed E-state index contributed by atoms with van der Waals surface area (Å²) in [6.45, 7) is 4.10. The largest absolute Gasteiger partial charge is 0.394 e. The van der Waals surface area contributed by atoms with Crippen LogP contribution in [0.1, 0.15) is 335 Å². The molecule has 6 heteroatoms. The molecule has 0 saturated heterocycles. The number of nitrogens with one attached hydrogen (secondary N) is 1. The first kappa shape index (κ1) is 65.0. The van der Waals surface area contributed by atoms with Crippen molar-refractivity contribution < 1.29 is 25.2 Å². The van der Waals surface area contributed by atoms with E-state index >= 15 is 0 Å². The number of aliphatic hydroxyl groups is 4. The van der Waals surface area contributed by atoms with Crippen molar-refractivity contribution in [2.24, 2.45) is 0 Å². The fraction of sp³-hybridized carbons (Fsp3) is 0.950. The Morgan fingerprint density at radius 1 is 0.364 bits per heavy atom. The SMILES string of the molecule is CCCCCCCCCCCCCC/C=C\CCCCCCCCCCCCCCC(O)C(=O)NC(CO)C(O)C(O)CCCCCCCCCCCCCCCCCCCCCCCC. The van der Waals surface area contributed by atoms with E-state index in [0.29, 0.717) is 12.8 Å². The summed E-state index contributed by atoms with van der Waals surface area (Å²) in [5.41, 5.74) is 0. The molecule has 5 N–H and O–H groups in total. The van der Waals surface area contributed by atoms with Crippen LogP contribution in [0.3, 0.4) is 0 Å². The highest BCUT2D eigenvalue weighted by molar-refractivity contribution is 5.80. The van der Waals surface area contributed by atoms with Crippen LogP contribution in [-0.4, -0.2) is 57.3 Å². The zero-order chi connectivity index (χ0) is 48.1. The Kier molecular flexibility index (Phi) is 54.2. The highest BCUT2D eigenvalue weighted by Gasteiger charge is 2.28. The van der Waals surface area contributed by atoms with Gasteiger partial charge in [0.25, 0.3) is 0 Å². The average Bonchev–Trinajstić information content (AvgIpc) is 3.32. The summed E-state index contributed by atoms with van der Waals surface area (Å²) < 4.78 is 0. The van der Waals surface area contributed by atoms with Crippen LogP contribution in [0.2, 0.25) is 0 Å². The Hall–Kier alpha value is -0.950. The maximum Gasteiger partial charge on any atom is 0.249 e. The molecule has 0 fully saturated rings. The molecule has 0 aromatic heterocycles. The molecule has 0 aliphatic carbocycles. The second-order valence-electron chi connectivity index (χ2n) is 21.1. The van der Waals surface area contributed by atoms with Crippen LogP contribution in [0.25, 0.3) is 0 Å². The van der Waals surface area contributed by atoms with E-state index in [9.17, 15) is 25.2 Å². The molecule has 0 spiro atoms. The molecule has 0 saturated carbocycles. The lowest BCUT2D eigenvalue weighted by Crippen LogP contribution is -2.53. The maximum atomic E-state index is 12.6. The molecule has 1 amide bonds. The summed E-state index contributed by atoms with van der Waals surface area (Å²) in [5.74, 6) is -0.578. The molecular weight excluding hydrogens is 815 g/mol. The van der Waals surface area contributed by atoms with E-state index in [1.165, 1.54) is 270 Å². The van der Waals surface area contributed by atoms with Gasteiger partial charge in [-0.15, -0.1) is 0 Å². The van der Waals surface area contributed by atoms with Gasteiger partial charge < -0.3 is 25.7 Å². The fourth-order valence-corrected chi connectivity index (χ4v) is 9.76. The summed E-state index contributed by atoms with van der Waals surface area (Å²) in [6.07, 6.45) is 65.8. The quantitative estimate of drug-likeness (QED) is 0.0308. The highest BCUT2D eigenvalue weighted by atomic mass is 16.3. The Labute approximate surface area is 412 Å². The van der Waals surface area contributed by atoms with Crippen molar-refractivity contribution in [3.8, 4) is 0 Å². The van der Waals surface area contributed by atoms with E-state index in [0.717, 1.165) is 38.5 Å². The molecule has 0 aromatic rings. The number of amides is 1. The van der Waals surface area contributed by atoms with Gasteiger partial charge in [-0.25, -0.2) is 0 Å². The lowest BCUT2D eigenvalue weighted by atomic mass is 9.99. The first-order valence-electron chi connectivity index (χ1n) is 30.1. The summed E-state index contributed by atoms with van der Waals surface area (Å²) in [7, 11) is 0. The van der Waals surface area contributed by atoms with Crippen molar-refractivity contribution in [2.75, 3.05) is 6.61 Å². The standard InChI is InChI=1S/C60H119NO5/c1-3-5-7-9-11-13-15-17-19-21-23-25-27-28-29-30-31-32-34-36-38-40-42-44-46-48-50-52-54-58(64)60(66)61-56(55-62)59(65)57(63)53-51-49-47-45-43-41-39-37-35-33-26-24-22-20-18-16-14-12-10-8-6-4-2/h28-29,56-59,62-65H,3-27,30-55H2,1-2H3,(H,61,66)/b29-28-. The number of unbranched alkanes of at least 4 members (excludes halogenated alkanes) is 45. The Bertz CT molecular complexity index is 959. The van der Waals surface area contributed by atoms with Crippen LogP contribution >= 0.6 is 0 Å². The molecule has 394 valence electrons. The van der Waals surface area contributed by atoms with E-state index in [2.05, 4.69) is 31.3 Å². The van der Waals surface area contributed by atoms with Gasteiger partial charge in [-0.1, -0.05) is 309 Å². The van der Waals surface area contributed by atoms with Crippen molar-refractivity contribution >= 4 is 5.91 Å². The molecular formula is C60H119NO5. The summed E-state index contributed by atoms with van der Waals surface area (Å²) in [5, 5.41) is 44.1. The zero-order valence-corrected chi connectivity index (χ0v) is 44.7. The van der Waals surface area contributed by atoms with Gasteiger partial charge in [-0.05, 0) is 38.5 Å². The number of aliphatic hydroxyl groups excluding tert-OH is 4. The second kappa shape index (κ2) is 55.0. The fourth-order valence-electron chi connectivity index (χ4n) is 9.76. The van der Waals surface area contributed by atoms with Crippen LogP contribution < -0.4 is 5.32 Å². The van der Waals surface area contributed by atoms with Crippen LogP contribution in [0, 0.1) is 0 Å². The predicted octanol–water partition coefficient (Wildman–Crippen LogP) is 17.6. The van der Waals surface area contributed by atoms with E-state index in [4.69, 9.17) is 0 Å². The zero-order valence-electron chi connectivity index (χ0n) is 44.7. The van der Waals surface area contributed by atoms with Gasteiger partial charge in [-0.2, -0.15) is 0 Å². The van der Waals surface area contributed by atoms with Crippen LogP contribution in [0.5, 0.6) is 0 Å². The molecule has 0 aliphatic rings. The second-order valence-corrected chi connectivity index (χ2v) is 21.1. The minimum atomic E-state index is -1.26. The summed E-state index contributed by atoms with van der Waals surface area (Å²) in [4.78, 5) is 12.6. The summed E-state index contributed by atoms with van der Waals surface area (Å²) in [6, 6.07) is -0.984. The Balaban J connectivity index is 3.58. The number of carbonyl (C=O) groups is 1. The smallest absolute Gasteiger partial charge is 0.249 e. The normalized spacial score (nSPS) is 13.7. The molecule has 4 atom stereocenters. The van der Waals surface area contributed by atoms with E-state index in [-0.39, 0.29) is 0 Å². The van der Waals surface area contributed by atoms with Crippen molar-refractivity contribution in [1.29, 1.82) is 0 Å². The van der Waals surface area contributed by atoms with Crippen molar-refractivity contribution in [3.05, 3.63) is 12.2 Å². The maximum absolute atomic E-state index is 12.6. The molecule has 66 heavy (non-hydrogen) atoms. The number of hydrogen-bond donors (Lipinski definition) is 5. The van der Waals surface area contributed by atoms with Crippen LogP contribution in [0.4, 0.5) is 0 Å². The van der Waals surface area contributed by atoms with Gasteiger partial charge in [0, 0.05) is 0 Å². The minimum Gasteiger partial charge on any atom is -0.394 e. The van der Waals surface area contributed by atoms with E-state index < -0.39 is 36.9 Å². The van der Waals surface area contributed by atoms with Crippen LogP contribution in [0.15, 0.2) is 12.2 Å². The molecule has 0 bridgehead atoms. The van der Waals surface area contributed by atoms with Gasteiger partial charge >= 0.3 is 0 Å². The molecule has 0 radical (unpaired) electrons. The summed E-state index contributed by atoms with van der Waals surface area (Å²) >= 11 is 0. The molecule has 6 nitrogen and oxygen atoms in total. The van der Waals surface area contributed by atoms with Crippen molar-refractivity contribution in [3.63, 3.8) is 0 Å². The number of allylic oxidation sites excluding steroid dienone is 2. The predicted molar refractivity (Wildman–Crippen MR) is 288 cm³/mol. The van der Waals surface area contributed by atoms with Gasteiger partial charge in [-0.3, -0.25) is 4.79 Å².